The van der Waals surface area contributed by atoms with Gasteiger partial charge in [-0.25, -0.2) is 17.5 Å². The lowest BCUT2D eigenvalue weighted by atomic mass is 10.1. The second-order valence-electron chi connectivity index (χ2n) is 4.67. The van der Waals surface area contributed by atoms with Gasteiger partial charge in [-0.3, -0.25) is 4.79 Å². The largest absolute Gasteiger partial charge is 0.366 e. The van der Waals surface area contributed by atoms with E-state index >= 15 is 0 Å². The molecule has 2 aromatic rings. The molecule has 0 saturated carbocycles. The molecular weight excluding hydrogens is 307 g/mol. The monoisotopic (exact) mass is 322 g/mol. The maximum Gasteiger partial charge on any atom is 0.248 e. The van der Waals surface area contributed by atoms with Crippen molar-refractivity contribution < 1.29 is 17.6 Å². The van der Waals surface area contributed by atoms with Gasteiger partial charge < -0.3 is 5.73 Å². The molecule has 0 bridgehead atoms. The third-order valence-electron chi connectivity index (χ3n) is 3.04. The molecule has 0 aromatic heterocycles. The fourth-order valence-electron chi connectivity index (χ4n) is 1.90. The van der Waals surface area contributed by atoms with Gasteiger partial charge in [0.1, 0.15) is 5.82 Å². The first-order chi connectivity index (χ1) is 10.4. The van der Waals surface area contributed by atoms with Crippen LogP contribution in [-0.2, 0) is 16.4 Å². The number of nitrogens with one attached hydrogen (secondary N) is 1. The molecule has 5 nitrogen and oxygen atoms in total. The van der Waals surface area contributed by atoms with Crippen LogP contribution in [0.3, 0.4) is 0 Å². The van der Waals surface area contributed by atoms with Gasteiger partial charge in [0.05, 0.1) is 4.90 Å². The van der Waals surface area contributed by atoms with Crippen molar-refractivity contribution in [2.45, 2.75) is 11.3 Å². The van der Waals surface area contributed by atoms with Gasteiger partial charge in [0.15, 0.2) is 0 Å². The van der Waals surface area contributed by atoms with Crippen molar-refractivity contribution in [2.75, 3.05) is 6.54 Å². The topological polar surface area (TPSA) is 89.3 Å². The van der Waals surface area contributed by atoms with Crippen molar-refractivity contribution >= 4 is 15.9 Å². The molecule has 0 radical (unpaired) electrons. The molecule has 2 rings (SSSR count). The summed E-state index contributed by atoms with van der Waals surface area (Å²) in [5, 5.41) is 0. The van der Waals surface area contributed by atoms with Crippen LogP contribution in [-0.4, -0.2) is 20.9 Å². The molecule has 116 valence electrons. The van der Waals surface area contributed by atoms with E-state index in [1.807, 2.05) is 0 Å². The van der Waals surface area contributed by atoms with E-state index in [4.69, 9.17) is 5.73 Å². The van der Waals surface area contributed by atoms with Gasteiger partial charge in [0, 0.05) is 12.1 Å². The minimum atomic E-state index is -3.68. The third-order valence-corrected chi connectivity index (χ3v) is 4.52. The maximum atomic E-state index is 13.0. The average Bonchev–Trinajstić information content (AvgIpc) is 2.47. The number of carbonyl (C=O) groups excluding carboxylic acids is 1. The fourth-order valence-corrected chi connectivity index (χ4v) is 2.94. The summed E-state index contributed by atoms with van der Waals surface area (Å²) in [6.07, 6.45) is 0.371. The second kappa shape index (κ2) is 6.67. The molecule has 0 aliphatic heterocycles. The number of nitrogens with two attached hydrogens (primary N) is 1. The Morgan fingerprint density at radius 3 is 2.41 bits per heavy atom. The van der Waals surface area contributed by atoms with Crippen LogP contribution in [0.4, 0.5) is 4.39 Å². The van der Waals surface area contributed by atoms with Crippen molar-refractivity contribution in [3.8, 4) is 0 Å². The SMILES string of the molecule is NC(=O)c1ccc(S(=O)(=O)NCCc2cccc(F)c2)cc1. The number of hydrogen-bond donors (Lipinski definition) is 2. The summed E-state index contributed by atoms with van der Waals surface area (Å²) in [6, 6.07) is 11.3. The molecule has 0 unspecified atom stereocenters. The Kier molecular flexibility index (Phi) is 4.89. The number of amides is 1. The zero-order valence-corrected chi connectivity index (χ0v) is 12.4. The molecule has 0 aliphatic carbocycles. The second-order valence-corrected chi connectivity index (χ2v) is 6.43. The van der Waals surface area contributed by atoms with E-state index in [1.165, 1.54) is 36.4 Å². The summed E-state index contributed by atoms with van der Waals surface area (Å²) in [4.78, 5) is 11.0. The van der Waals surface area contributed by atoms with Crippen molar-refractivity contribution in [3.05, 3.63) is 65.5 Å². The minimum absolute atomic E-state index is 0.0387. The van der Waals surface area contributed by atoms with E-state index < -0.39 is 15.9 Å². The van der Waals surface area contributed by atoms with E-state index in [2.05, 4.69) is 4.72 Å². The summed E-state index contributed by atoms with van der Waals surface area (Å²) >= 11 is 0. The van der Waals surface area contributed by atoms with Crippen molar-refractivity contribution in [3.63, 3.8) is 0 Å². The minimum Gasteiger partial charge on any atom is -0.366 e. The molecular formula is C15H15FN2O3S. The highest BCUT2D eigenvalue weighted by Crippen LogP contribution is 2.10. The predicted molar refractivity (Wildman–Crippen MR) is 80.3 cm³/mol. The van der Waals surface area contributed by atoms with Crippen LogP contribution in [0, 0.1) is 5.82 Å². The third kappa shape index (κ3) is 4.12. The lowest BCUT2D eigenvalue weighted by molar-refractivity contribution is 0.1000. The van der Waals surface area contributed by atoms with E-state index in [0.29, 0.717) is 12.0 Å². The molecule has 1 amide bonds. The highest BCUT2D eigenvalue weighted by Gasteiger charge is 2.13. The number of benzene rings is 2. The predicted octanol–water partition coefficient (Wildman–Crippen LogP) is 1.45. The van der Waals surface area contributed by atoms with E-state index in [0.717, 1.165) is 0 Å². The summed E-state index contributed by atoms with van der Waals surface area (Å²) in [5.41, 5.74) is 6.03. The van der Waals surface area contributed by atoms with Crippen LogP contribution in [0.2, 0.25) is 0 Å². The van der Waals surface area contributed by atoms with Crippen LogP contribution in [0.25, 0.3) is 0 Å². The van der Waals surface area contributed by atoms with Gasteiger partial charge in [-0.1, -0.05) is 12.1 Å². The Hall–Kier alpha value is -2.25. The number of primary amides is 1. The van der Waals surface area contributed by atoms with Crippen LogP contribution < -0.4 is 10.5 Å². The molecule has 0 aliphatic rings. The first kappa shape index (κ1) is 16.1. The van der Waals surface area contributed by atoms with Crippen molar-refractivity contribution in [1.29, 1.82) is 0 Å². The molecule has 22 heavy (non-hydrogen) atoms. The first-order valence-electron chi connectivity index (χ1n) is 6.52. The van der Waals surface area contributed by atoms with Gasteiger partial charge in [-0.05, 0) is 48.4 Å². The zero-order valence-electron chi connectivity index (χ0n) is 11.6. The first-order valence-corrected chi connectivity index (χ1v) is 8.01. The smallest absolute Gasteiger partial charge is 0.248 e. The van der Waals surface area contributed by atoms with Crippen molar-refractivity contribution in [2.24, 2.45) is 5.73 Å². The number of hydrogen-bond acceptors (Lipinski definition) is 3. The maximum absolute atomic E-state index is 13.0. The Morgan fingerprint density at radius 2 is 1.82 bits per heavy atom. The molecule has 3 N–H and O–H groups in total. The standard InChI is InChI=1S/C15H15FN2O3S/c16-13-3-1-2-11(10-13)8-9-18-22(20,21)14-6-4-12(5-7-14)15(17)19/h1-7,10,18H,8-9H2,(H2,17,19). The Balaban J connectivity index is 2.00. The molecule has 0 saturated heterocycles. The van der Waals surface area contributed by atoms with Gasteiger partial charge >= 0.3 is 0 Å². The van der Waals surface area contributed by atoms with Crippen molar-refractivity contribution in [1.82, 2.24) is 4.72 Å². The molecule has 2 aromatic carbocycles. The molecule has 0 heterocycles. The summed E-state index contributed by atoms with van der Waals surface area (Å²) in [7, 11) is -3.68. The Morgan fingerprint density at radius 1 is 1.14 bits per heavy atom. The van der Waals surface area contributed by atoms with E-state index in [9.17, 15) is 17.6 Å². The van der Waals surface area contributed by atoms with Gasteiger partial charge in [0.2, 0.25) is 15.9 Å². The van der Waals surface area contributed by atoms with Crippen LogP contribution in [0.15, 0.2) is 53.4 Å². The van der Waals surface area contributed by atoms with E-state index in [-0.39, 0.29) is 22.8 Å². The lowest BCUT2D eigenvalue weighted by Gasteiger charge is -2.07. The summed E-state index contributed by atoms with van der Waals surface area (Å²) in [6.45, 7) is 0.142. The van der Waals surface area contributed by atoms with Gasteiger partial charge in [0.25, 0.3) is 0 Å². The fraction of sp³-hybridized carbons (Fsp3) is 0.133. The molecule has 0 spiro atoms. The number of halogens is 1. The van der Waals surface area contributed by atoms with Crippen LogP contribution in [0.1, 0.15) is 15.9 Å². The zero-order chi connectivity index (χ0) is 16.2. The van der Waals surface area contributed by atoms with Gasteiger partial charge in [-0.2, -0.15) is 0 Å². The average molecular weight is 322 g/mol. The summed E-state index contributed by atoms with van der Waals surface area (Å²) < 4.78 is 39.6. The molecule has 0 fully saturated rings. The normalized spacial score (nSPS) is 11.3. The Labute approximate surface area is 128 Å². The highest BCUT2D eigenvalue weighted by molar-refractivity contribution is 7.89. The Bertz CT molecular complexity index is 774. The number of rotatable bonds is 6. The van der Waals surface area contributed by atoms with Crippen LogP contribution >= 0.6 is 0 Å². The summed E-state index contributed by atoms with van der Waals surface area (Å²) in [5.74, 6) is -0.981. The van der Waals surface area contributed by atoms with E-state index in [1.54, 1.807) is 12.1 Å². The highest BCUT2D eigenvalue weighted by atomic mass is 32.2. The van der Waals surface area contributed by atoms with Gasteiger partial charge in [-0.15, -0.1) is 0 Å². The molecule has 7 heteroatoms. The number of carbonyl (C=O) groups is 1. The quantitative estimate of drug-likeness (QED) is 0.843. The number of sulfonamides is 1. The lowest BCUT2D eigenvalue weighted by Crippen LogP contribution is -2.26. The van der Waals surface area contributed by atoms with Crippen LogP contribution in [0.5, 0.6) is 0 Å². The molecule has 0 atom stereocenters.